The maximum Gasteiger partial charge on any atom is 0.317 e. The van der Waals surface area contributed by atoms with E-state index in [1.165, 1.54) is 16.5 Å². The summed E-state index contributed by atoms with van der Waals surface area (Å²) in [7, 11) is 0. The average Bonchev–Trinajstić information content (AvgIpc) is 3.05. The Morgan fingerprint density at radius 1 is 1.33 bits per heavy atom. The standard InChI is InChI=1S/C23H31BrN4O2/c1-4-7-28-12-15(25-23(30)27(5-2)6-3)10-16-17-8-14(13-29)9-19-21(17)18(11-20(16)28)22(24)26-19/h8-9,13,15-16,20,26H,4-7,10-12H2,1-3H3,(H,25,30)/t15-,16?,20+/m0/s1. The number of nitrogens with one attached hydrogen (secondary N) is 2. The van der Waals surface area contributed by atoms with Crippen LogP contribution in [0.25, 0.3) is 10.9 Å². The average molecular weight is 475 g/mol. The fourth-order valence-electron chi connectivity index (χ4n) is 5.43. The summed E-state index contributed by atoms with van der Waals surface area (Å²) >= 11 is 3.71. The minimum Gasteiger partial charge on any atom is -0.349 e. The van der Waals surface area contributed by atoms with Gasteiger partial charge in [0.2, 0.25) is 0 Å². The van der Waals surface area contributed by atoms with Crippen LogP contribution in [0.5, 0.6) is 0 Å². The van der Waals surface area contributed by atoms with Gasteiger partial charge in [-0.3, -0.25) is 9.69 Å². The van der Waals surface area contributed by atoms with E-state index in [1.807, 2.05) is 24.8 Å². The van der Waals surface area contributed by atoms with Gasteiger partial charge in [-0.1, -0.05) is 6.92 Å². The maximum absolute atomic E-state index is 12.7. The number of rotatable bonds is 6. The van der Waals surface area contributed by atoms with Crippen LogP contribution in [0.2, 0.25) is 0 Å². The minimum atomic E-state index is 0.0209. The quantitative estimate of drug-likeness (QED) is 0.613. The fourth-order valence-corrected chi connectivity index (χ4v) is 6.00. The number of amides is 2. The van der Waals surface area contributed by atoms with Gasteiger partial charge in [0.05, 0.1) is 4.60 Å². The predicted octanol–water partition coefficient (Wildman–Crippen LogP) is 4.29. The van der Waals surface area contributed by atoms with Crippen molar-refractivity contribution in [1.29, 1.82) is 0 Å². The molecule has 7 heteroatoms. The topological polar surface area (TPSA) is 68.4 Å². The van der Waals surface area contributed by atoms with E-state index >= 15 is 0 Å². The van der Waals surface area contributed by atoms with Crippen LogP contribution in [-0.4, -0.2) is 65.4 Å². The van der Waals surface area contributed by atoms with E-state index < -0.39 is 0 Å². The normalized spacial score (nSPS) is 23.3. The highest BCUT2D eigenvalue weighted by Crippen LogP contribution is 2.46. The number of urea groups is 1. The minimum absolute atomic E-state index is 0.0209. The Morgan fingerprint density at radius 2 is 2.10 bits per heavy atom. The first-order valence-corrected chi connectivity index (χ1v) is 11.9. The predicted molar refractivity (Wildman–Crippen MR) is 123 cm³/mol. The second-order valence-corrected chi connectivity index (χ2v) is 9.29. The maximum atomic E-state index is 12.7. The first kappa shape index (κ1) is 21.4. The number of aromatic amines is 1. The van der Waals surface area contributed by atoms with Crippen molar-refractivity contribution in [2.75, 3.05) is 26.2 Å². The van der Waals surface area contributed by atoms with E-state index in [0.717, 1.165) is 48.8 Å². The van der Waals surface area contributed by atoms with E-state index in [9.17, 15) is 9.59 Å². The molecule has 1 aliphatic carbocycles. The number of benzene rings is 1. The Hall–Kier alpha value is -1.86. The zero-order chi connectivity index (χ0) is 21.4. The summed E-state index contributed by atoms with van der Waals surface area (Å²) < 4.78 is 1.02. The molecule has 1 aromatic carbocycles. The molecular weight excluding hydrogens is 444 g/mol. The molecule has 162 valence electrons. The van der Waals surface area contributed by atoms with Crippen molar-refractivity contribution in [1.82, 2.24) is 20.1 Å². The number of aromatic nitrogens is 1. The van der Waals surface area contributed by atoms with Crippen LogP contribution in [-0.2, 0) is 6.42 Å². The number of fused-ring (bicyclic) bond motifs is 2. The van der Waals surface area contributed by atoms with Gasteiger partial charge in [-0.15, -0.1) is 0 Å². The van der Waals surface area contributed by atoms with Gasteiger partial charge in [-0.05, 0) is 78.8 Å². The van der Waals surface area contributed by atoms with Gasteiger partial charge in [0, 0.05) is 54.1 Å². The van der Waals surface area contributed by atoms with Gasteiger partial charge in [-0.2, -0.15) is 0 Å². The number of H-pyrrole nitrogens is 1. The van der Waals surface area contributed by atoms with Crippen molar-refractivity contribution < 1.29 is 9.59 Å². The van der Waals surface area contributed by atoms with Gasteiger partial charge in [-0.25, -0.2) is 4.79 Å². The summed E-state index contributed by atoms with van der Waals surface area (Å²) in [5.41, 5.74) is 4.28. The molecule has 1 fully saturated rings. The number of hydrogen-bond donors (Lipinski definition) is 2. The molecule has 0 spiro atoms. The molecule has 0 bridgehead atoms. The van der Waals surface area contributed by atoms with E-state index in [-0.39, 0.29) is 12.1 Å². The highest BCUT2D eigenvalue weighted by molar-refractivity contribution is 9.10. The van der Waals surface area contributed by atoms with Gasteiger partial charge < -0.3 is 15.2 Å². The van der Waals surface area contributed by atoms with Crippen LogP contribution < -0.4 is 5.32 Å². The molecule has 4 rings (SSSR count). The number of halogens is 1. The van der Waals surface area contributed by atoms with Gasteiger partial charge in [0.15, 0.2) is 0 Å². The molecule has 2 aliphatic rings. The largest absolute Gasteiger partial charge is 0.349 e. The molecule has 1 saturated heterocycles. The second kappa shape index (κ2) is 8.71. The molecule has 2 heterocycles. The lowest BCUT2D eigenvalue weighted by atomic mass is 9.73. The second-order valence-electron chi connectivity index (χ2n) is 8.50. The van der Waals surface area contributed by atoms with Crippen molar-refractivity contribution >= 4 is 39.2 Å². The molecule has 0 saturated carbocycles. The molecule has 0 radical (unpaired) electrons. The van der Waals surface area contributed by atoms with Crippen molar-refractivity contribution in [3.8, 4) is 0 Å². The first-order chi connectivity index (χ1) is 14.5. The Morgan fingerprint density at radius 3 is 2.77 bits per heavy atom. The lowest BCUT2D eigenvalue weighted by Gasteiger charge is -2.47. The Balaban J connectivity index is 1.71. The summed E-state index contributed by atoms with van der Waals surface area (Å²) in [5.74, 6) is 0.296. The van der Waals surface area contributed by atoms with Crippen LogP contribution in [0.4, 0.5) is 4.79 Å². The molecule has 2 aromatic rings. The SMILES string of the molecule is CCCN1C[C@@H](NC(=O)N(CC)CC)CC2c3cc(C=O)cc4[nH]c(Br)c(c34)C[C@H]21. The molecular formula is C23H31BrN4O2. The Kier molecular flexibility index (Phi) is 6.21. The molecule has 30 heavy (non-hydrogen) atoms. The third-order valence-corrected chi connectivity index (χ3v) is 7.44. The fraction of sp³-hybridized carbons (Fsp3) is 0.565. The number of carbonyl (C=O) groups excluding carboxylic acids is 2. The van der Waals surface area contributed by atoms with Crippen LogP contribution >= 0.6 is 15.9 Å². The summed E-state index contributed by atoms with van der Waals surface area (Å²) in [4.78, 5) is 32.1. The van der Waals surface area contributed by atoms with E-state index in [4.69, 9.17) is 0 Å². The number of aldehydes is 1. The van der Waals surface area contributed by atoms with Crippen LogP contribution in [0.3, 0.4) is 0 Å². The van der Waals surface area contributed by atoms with Crippen LogP contribution in [0.1, 0.15) is 61.0 Å². The highest BCUT2D eigenvalue weighted by atomic mass is 79.9. The smallest absolute Gasteiger partial charge is 0.317 e. The van der Waals surface area contributed by atoms with Crippen molar-refractivity contribution in [2.24, 2.45) is 0 Å². The zero-order valence-corrected chi connectivity index (χ0v) is 19.6. The molecule has 1 aromatic heterocycles. The summed E-state index contributed by atoms with van der Waals surface area (Å²) in [5, 5.41) is 4.54. The zero-order valence-electron chi connectivity index (χ0n) is 18.0. The Labute approximate surface area is 186 Å². The van der Waals surface area contributed by atoms with Gasteiger partial charge >= 0.3 is 6.03 Å². The number of nitrogens with zero attached hydrogens (tertiary/aromatic N) is 2. The van der Waals surface area contributed by atoms with E-state index in [1.54, 1.807) is 0 Å². The highest BCUT2D eigenvalue weighted by Gasteiger charge is 2.42. The molecule has 1 aliphatic heterocycles. The van der Waals surface area contributed by atoms with Crippen LogP contribution in [0.15, 0.2) is 16.7 Å². The molecule has 3 atom stereocenters. The molecule has 6 nitrogen and oxygen atoms in total. The third kappa shape index (κ3) is 3.66. The number of piperidine rings is 1. The summed E-state index contributed by atoms with van der Waals surface area (Å²) in [6, 6.07) is 4.51. The molecule has 1 unspecified atom stereocenters. The van der Waals surface area contributed by atoms with Crippen molar-refractivity contribution in [2.45, 2.75) is 58.0 Å². The Bertz CT molecular complexity index is 952. The first-order valence-electron chi connectivity index (χ1n) is 11.1. The molecule has 2 amide bonds. The van der Waals surface area contributed by atoms with E-state index in [0.29, 0.717) is 30.6 Å². The monoisotopic (exact) mass is 474 g/mol. The summed E-state index contributed by atoms with van der Waals surface area (Å²) in [6.45, 7) is 9.53. The lowest BCUT2D eigenvalue weighted by Crippen LogP contribution is -2.57. The number of hydrogen-bond acceptors (Lipinski definition) is 3. The van der Waals surface area contributed by atoms with Crippen LogP contribution in [0, 0.1) is 0 Å². The number of likely N-dealkylation sites (tertiary alicyclic amines) is 1. The summed E-state index contributed by atoms with van der Waals surface area (Å²) in [6.07, 6.45) is 3.89. The van der Waals surface area contributed by atoms with Gasteiger partial charge in [0.1, 0.15) is 6.29 Å². The lowest BCUT2D eigenvalue weighted by molar-refractivity contribution is 0.0978. The van der Waals surface area contributed by atoms with Crippen molar-refractivity contribution in [3.05, 3.63) is 33.4 Å². The van der Waals surface area contributed by atoms with Gasteiger partial charge in [0.25, 0.3) is 0 Å². The van der Waals surface area contributed by atoms with Crippen molar-refractivity contribution in [3.63, 3.8) is 0 Å². The number of carbonyl (C=O) groups is 2. The third-order valence-electron chi connectivity index (χ3n) is 6.77. The van der Waals surface area contributed by atoms with E-state index in [2.05, 4.69) is 44.1 Å². The molecule has 2 N–H and O–H groups in total.